The van der Waals surface area contributed by atoms with Crippen LogP contribution in [0.25, 0.3) is 0 Å². The standard InChI is InChI=1S/C21H22N2O6/c1-3-4-13-29-21(27)16-7-5-6-8-17(16)23-19(25)18(24)22-15-11-9-14(10-12-15)20(26)28-2/h5-12H,3-4,13H2,1-2H3,(H,22,24)(H,23,25). The van der Waals surface area contributed by atoms with E-state index in [0.717, 1.165) is 12.8 Å². The molecule has 0 spiro atoms. The van der Waals surface area contributed by atoms with E-state index in [1.807, 2.05) is 6.92 Å². The Hall–Kier alpha value is -3.68. The molecule has 0 saturated carbocycles. The van der Waals surface area contributed by atoms with E-state index in [9.17, 15) is 19.2 Å². The minimum absolute atomic E-state index is 0.159. The first kappa shape index (κ1) is 21.6. The number of unbranched alkanes of at least 4 members (excludes halogenated alkanes) is 1. The van der Waals surface area contributed by atoms with Gasteiger partial charge >= 0.3 is 23.8 Å². The second-order valence-electron chi connectivity index (χ2n) is 6.01. The van der Waals surface area contributed by atoms with Gasteiger partial charge in [0.05, 0.1) is 30.5 Å². The zero-order chi connectivity index (χ0) is 21.2. The summed E-state index contributed by atoms with van der Waals surface area (Å²) in [6, 6.07) is 12.1. The Morgan fingerprint density at radius 3 is 2.17 bits per heavy atom. The van der Waals surface area contributed by atoms with Gasteiger partial charge in [-0.3, -0.25) is 9.59 Å². The number of hydrogen-bond donors (Lipinski definition) is 2. The normalized spacial score (nSPS) is 10.0. The molecule has 8 nitrogen and oxygen atoms in total. The number of hydrogen-bond acceptors (Lipinski definition) is 6. The number of methoxy groups -OCH3 is 1. The summed E-state index contributed by atoms with van der Waals surface area (Å²) >= 11 is 0. The number of amides is 2. The number of carbonyl (C=O) groups excluding carboxylic acids is 4. The van der Waals surface area contributed by atoms with E-state index in [0.29, 0.717) is 11.3 Å². The van der Waals surface area contributed by atoms with Gasteiger partial charge in [0.25, 0.3) is 0 Å². The molecule has 0 heterocycles. The van der Waals surface area contributed by atoms with Crippen molar-refractivity contribution in [3.63, 3.8) is 0 Å². The maximum Gasteiger partial charge on any atom is 0.340 e. The molecule has 0 atom stereocenters. The lowest BCUT2D eigenvalue weighted by atomic mass is 10.1. The molecule has 2 aromatic rings. The minimum atomic E-state index is -0.948. The summed E-state index contributed by atoms with van der Waals surface area (Å²) in [7, 11) is 1.26. The summed E-state index contributed by atoms with van der Waals surface area (Å²) in [5, 5.41) is 4.83. The van der Waals surface area contributed by atoms with E-state index in [1.54, 1.807) is 12.1 Å². The lowest BCUT2D eigenvalue weighted by Crippen LogP contribution is -2.29. The topological polar surface area (TPSA) is 111 Å². The zero-order valence-corrected chi connectivity index (χ0v) is 16.2. The van der Waals surface area contributed by atoms with Crippen LogP contribution in [0, 0.1) is 0 Å². The third kappa shape index (κ3) is 6.17. The minimum Gasteiger partial charge on any atom is -0.465 e. The summed E-state index contributed by atoms with van der Waals surface area (Å²) in [4.78, 5) is 48.0. The van der Waals surface area contributed by atoms with Crippen LogP contribution in [0.1, 0.15) is 40.5 Å². The van der Waals surface area contributed by atoms with Crippen molar-refractivity contribution >= 4 is 35.1 Å². The summed E-state index contributed by atoms with van der Waals surface area (Å²) in [5.41, 5.74) is 0.970. The fourth-order valence-corrected chi connectivity index (χ4v) is 2.33. The first-order valence-corrected chi connectivity index (χ1v) is 9.03. The van der Waals surface area contributed by atoms with Crippen molar-refractivity contribution in [2.45, 2.75) is 19.8 Å². The number of nitrogens with one attached hydrogen (secondary N) is 2. The fraction of sp³-hybridized carbons (Fsp3) is 0.238. The molecule has 0 bridgehead atoms. The number of carbonyl (C=O) groups is 4. The highest BCUT2D eigenvalue weighted by Crippen LogP contribution is 2.17. The third-order valence-electron chi connectivity index (χ3n) is 3.90. The maximum atomic E-state index is 12.2. The summed E-state index contributed by atoms with van der Waals surface area (Å²) in [6.45, 7) is 2.25. The Morgan fingerprint density at radius 1 is 0.862 bits per heavy atom. The average Bonchev–Trinajstić information content (AvgIpc) is 2.74. The van der Waals surface area contributed by atoms with Crippen molar-refractivity contribution in [2.75, 3.05) is 24.4 Å². The van der Waals surface area contributed by atoms with Gasteiger partial charge in [0, 0.05) is 5.69 Å². The van der Waals surface area contributed by atoms with Gasteiger partial charge in [-0.15, -0.1) is 0 Å². The quantitative estimate of drug-likeness (QED) is 0.421. The molecule has 0 aliphatic heterocycles. The van der Waals surface area contributed by atoms with Crippen molar-refractivity contribution in [1.29, 1.82) is 0 Å². The Kier molecular flexibility index (Phi) is 7.90. The first-order valence-electron chi connectivity index (χ1n) is 9.03. The number of benzene rings is 2. The maximum absolute atomic E-state index is 12.2. The Balaban J connectivity index is 2.02. The van der Waals surface area contributed by atoms with E-state index in [1.165, 1.54) is 43.5 Å². The van der Waals surface area contributed by atoms with Crippen LogP contribution in [0.4, 0.5) is 11.4 Å². The SMILES string of the molecule is CCCCOC(=O)c1ccccc1NC(=O)C(=O)Nc1ccc(C(=O)OC)cc1. The molecule has 8 heteroatoms. The number of para-hydroxylation sites is 1. The number of rotatable bonds is 7. The third-order valence-corrected chi connectivity index (χ3v) is 3.90. The van der Waals surface area contributed by atoms with Gasteiger partial charge in [-0.25, -0.2) is 9.59 Å². The lowest BCUT2D eigenvalue weighted by molar-refractivity contribution is -0.133. The lowest BCUT2D eigenvalue weighted by Gasteiger charge is -2.11. The molecule has 0 fully saturated rings. The molecule has 152 valence electrons. The summed E-state index contributed by atoms with van der Waals surface area (Å²) < 4.78 is 9.75. The average molecular weight is 398 g/mol. The highest BCUT2D eigenvalue weighted by atomic mass is 16.5. The Morgan fingerprint density at radius 2 is 1.52 bits per heavy atom. The van der Waals surface area contributed by atoms with E-state index in [-0.39, 0.29) is 17.9 Å². The molecule has 0 radical (unpaired) electrons. The molecular weight excluding hydrogens is 376 g/mol. The molecule has 2 amide bonds. The first-order chi connectivity index (χ1) is 14.0. The molecule has 0 unspecified atom stereocenters. The molecule has 0 saturated heterocycles. The van der Waals surface area contributed by atoms with Gasteiger partial charge in [0.1, 0.15) is 0 Å². The van der Waals surface area contributed by atoms with Crippen LogP contribution in [0.2, 0.25) is 0 Å². The molecule has 0 aliphatic rings. The van der Waals surface area contributed by atoms with Crippen molar-refractivity contribution in [2.24, 2.45) is 0 Å². The predicted octanol–water partition coefficient (Wildman–Crippen LogP) is 3.01. The molecule has 2 aromatic carbocycles. The van der Waals surface area contributed by atoms with Gasteiger partial charge in [-0.1, -0.05) is 25.5 Å². The van der Waals surface area contributed by atoms with Crippen LogP contribution >= 0.6 is 0 Å². The second-order valence-corrected chi connectivity index (χ2v) is 6.01. The highest BCUT2D eigenvalue weighted by molar-refractivity contribution is 6.44. The summed E-state index contributed by atoms with van der Waals surface area (Å²) in [6.07, 6.45) is 1.61. The Bertz CT molecular complexity index is 892. The van der Waals surface area contributed by atoms with Crippen LogP contribution in [0.5, 0.6) is 0 Å². The van der Waals surface area contributed by atoms with Gasteiger partial charge in [-0.05, 0) is 42.8 Å². The number of anilines is 2. The zero-order valence-electron chi connectivity index (χ0n) is 16.2. The molecule has 29 heavy (non-hydrogen) atoms. The van der Waals surface area contributed by atoms with Crippen molar-refractivity contribution in [3.8, 4) is 0 Å². The van der Waals surface area contributed by atoms with Gasteiger partial charge in [0.2, 0.25) is 0 Å². The van der Waals surface area contributed by atoms with Crippen LogP contribution in [-0.2, 0) is 19.1 Å². The second kappa shape index (κ2) is 10.6. The molecule has 2 rings (SSSR count). The van der Waals surface area contributed by atoms with Gasteiger partial charge in [-0.2, -0.15) is 0 Å². The van der Waals surface area contributed by atoms with E-state index >= 15 is 0 Å². The van der Waals surface area contributed by atoms with Crippen LogP contribution in [-0.4, -0.2) is 37.5 Å². The monoisotopic (exact) mass is 398 g/mol. The summed E-state index contributed by atoms with van der Waals surface area (Å²) in [5.74, 6) is -2.96. The largest absolute Gasteiger partial charge is 0.465 e. The van der Waals surface area contributed by atoms with Crippen molar-refractivity contribution in [3.05, 3.63) is 59.7 Å². The van der Waals surface area contributed by atoms with Gasteiger partial charge < -0.3 is 20.1 Å². The highest BCUT2D eigenvalue weighted by Gasteiger charge is 2.19. The van der Waals surface area contributed by atoms with Crippen molar-refractivity contribution in [1.82, 2.24) is 0 Å². The number of ether oxygens (including phenoxy) is 2. The Labute approximate surface area is 168 Å². The van der Waals surface area contributed by atoms with Crippen LogP contribution in [0.3, 0.4) is 0 Å². The molecule has 0 aromatic heterocycles. The molecule has 2 N–H and O–H groups in total. The van der Waals surface area contributed by atoms with E-state index in [2.05, 4.69) is 15.4 Å². The molecular formula is C21H22N2O6. The van der Waals surface area contributed by atoms with E-state index < -0.39 is 23.8 Å². The van der Waals surface area contributed by atoms with Crippen LogP contribution < -0.4 is 10.6 Å². The van der Waals surface area contributed by atoms with Crippen molar-refractivity contribution < 1.29 is 28.7 Å². The van der Waals surface area contributed by atoms with Gasteiger partial charge in [0.15, 0.2) is 0 Å². The molecule has 0 aliphatic carbocycles. The van der Waals surface area contributed by atoms with Crippen LogP contribution in [0.15, 0.2) is 48.5 Å². The van der Waals surface area contributed by atoms with E-state index in [4.69, 9.17) is 4.74 Å². The smallest absolute Gasteiger partial charge is 0.340 e. The predicted molar refractivity (Wildman–Crippen MR) is 107 cm³/mol. The fourth-order valence-electron chi connectivity index (χ4n) is 2.33. The number of esters is 2.